The van der Waals surface area contributed by atoms with Crippen LogP contribution in [0.2, 0.25) is 0 Å². The molecule has 0 spiro atoms. The molecule has 2 atom stereocenters. The molecule has 7 heteroatoms. The highest BCUT2D eigenvalue weighted by Crippen LogP contribution is 2.32. The van der Waals surface area contributed by atoms with E-state index in [1.54, 1.807) is 42.5 Å². The van der Waals surface area contributed by atoms with E-state index in [0.29, 0.717) is 36.4 Å². The van der Waals surface area contributed by atoms with Gasteiger partial charge in [0.05, 0.1) is 17.5 Å². The van der Waals surface area contributed by atoms with E-state index in [4.69, 9.17) is 10.5 Å². The Hall–Kier alpha value is -2.35. The molecule has 150 valence electrons. The summed E-state index contributed by atoms with van der Waals surface area (Å²) in [4.78, 5) is 12.0. The fraction of sp³-hybridized carbons (Fsp3) is 0.286. The molecule has 6 nitrogen and oxygen atoms in total. The van der Waals surface area contributed by atoms with Crippen LogP contribution in [0.3, 0.4) is 0 Å². The maximum absolute atomic E-state index is 12.0. The van der Waals surface area contributed by atoms with Crippen LogP contribution in [0.1, 0.15) is 31.4 Å². The highest BCUT2D eigenvalue weighted by molar-refractivity contribution is 9.10. The second-order valence-corrected chi connectivity index (χ2v) is 7.11. The Morgan fingerprint density at radius 3 is 2.79 bits per heavy atom. The zero-order valence-corrected chi connectivity index (χ0v) is 17.2. The Bertz CT molecular complexity index is 826. The first-order chi connectivity index (χ1) is 13.4. The molecule has 2 rings (SSSR count). The molecule has 2 aromatic rings. The van der Waals surface area contributed by atoms with Gasteiger partial charge < -0.3 is 26.0 Å². The number of nitrogens with two attached hydrogens (primary N) is 1. The first-order valence-electron chi connectivity index (χ1n) is 9.02. The van der Waals surface area contributed by atoms with Crippen LogP contribution in [0.15, 0.2) is 59.1 Å². The number of para-hydroxylation sites is 2. The summed E-state index contributed by atoms with van der Waals surface area (Å²) >= 11 is 3.34. The Morgan fingerprint density at radius 1 is 1.32 bits per heavy atom. The smallest absolute Gasteiger partial charge is 0.248 e. The SMILES string of the molecule is CCO[C@@H](CC/C=C/C(=O)Nc1ccccc1N)[C@@H](O)c1cc(Br)ccc1O. The van der Waals surface area contributed by atoms with Crippen molar-refractivity contribution in [1.82, 2.24) is 0 Å². The highest BCUT2D eigenvalue weighted by Gasteiger charge is 2.23. The number of ether oxygens (including phenoxy) is 1. The molecule has 0 aromatic heterocycles. The minimum absolute atomic E-state index is 0.00997. The van der Waals surface area contributed by atoms with Crippen LogP contribution in [-0.2, 0) is 9.53 Å². The van der Waals surface area contributed by atoms with Crippen molar-refractivity contribution in [1.29, 1.82) is 0 Å². The highest BCUT2D eigenvalue weighted by atomic mass is 79.9. The van der Waals surface area contributed by atoms with E-state index in [1.165, 1.54) is 12.1 Å². The number of halogens is 1. The van der Waals surface area contributed by atoms with Crippen molar-refractivity contribution >= 4 is 33.2 Å². The number of amides is 1. The molecule has 2 aromatic carbocycles. The summed E-state index contributed by atoms with van der Waals surface area (Å²) in [6.45, 7) is 2.27. The third-order valence-electron chi connectivity index (χ3n) is 4.15. The molecular weight excluding hydrogens is 424 g/mol. The van der Waals surface area contributed by atoms with E-state index < -0.39 is 12.2 Å². The third-order valence-corrected chi connectivity index (χ3v) is 4.64. The van der Waals surface area contributed by atoms with Gasteiger partial charge in [0.2, 0.25) is 5.91 Å². The number of rotatable bonds is 9. The maximum Gasteiger partial charge on any atom is 0.248 e. The van der Waals surface area contributed by atoms with Gasteiger partial charge in [0, 0.05) is 16.6 Å². The van der Waals surface area contributed by atoms with Crippen molar-refractivity contribution in [3.63, 3.8) is 0 Å². The summed E-state index contributed by atoms with van der Waals surface area (Å²) in [5.41, 5.74) is 7.26. The number of aromatic hydroxyl groups is 1. The van der Waals surface area contributed by atoms with Gasteiger partial charge in [0.15, 0.2) is 0 Å². The number of allylic oxidation sites excluding steroid dienone is 1. The van der Waals surface area contributed by atoms with E-state index in [2.05, 4.69) is 21.2 Å². The van der Waals surface area contributed by atoms with Crippen LogP contribution >= 0.6 is 15.9 Å². The Labute approximate surface area is 173 Å². The average Bonchev–Trinajstić information content (AvgIpc) is 2.67. The lowest BCUT2D eigenvalue weighted by molar-refractivity contribution is -0.111. The molecule has 0 saturated heterocycles. The van der Waals surface area contributed by atoms with Crippen molar-refractivity contribution in [2.45, 2.75) is 32.0 Å². The molecule has 0 aliphatic heterocycles. The summed E-state index contributed by atoms with van der Waals surface area (Å²) in [5.74, 6) is -0.271. The molecular formula is C21H25BrN2O4. The molecule has 1 amide bonds. The van der Waals surface area contributed by atoms with Crippen LogP contribution in [0, 0.1) is 0 Å². The number of carbonyl (C=O) groups is 1. The van der Waals surface area contributed by atoms with E-state index in [1.807, 2.05) is 6.92 Å². The first kappa shape index (κ1) is 21.9. The lowest BCUT2D eigenvalue weighted by Gasteiger charge is -2.23. The minimum Gasteiger partial charge on any atom is -0.508 e. The molecule has 28 heavy (non-hydrogen) atoms. The van der Waals surface area contributed by atoms with Crippen LogP contribution in [0.5, 0.6) is 5.75 Å². The molecule has 0 radical (unpaired) electrons. The fourth-order valence-corrected chi connectivity index (χ4v) is 3.12. The predicted octanol–water partition coefficient (Wildman–Crippen LogP) is 4.15. The summed E-state index contributed by atoms with van der Waals surface area (Å²) < 4.78 is 6.40. The largest absolute Gasteiger partial charge is 0.508 e. The summed E-state index contributed by atoms with van der Waals surface area (Å²) in [6, 6.07) is 11.9. The first-order valence-corrected chi connectivity index (χ1v) is 9.81. The molecule has 0 aliphatic rings. The summed E-state index contributed by atoms with van der Waals surface area (Å²) in [5, 5.41) is 23.4. The number of hydrogen-bond donors (Lipinski definition) is 4. The number of anilines is 2. The molecule has 0 saturated carbocycles. The lowest BCUT2D eigenvalue weighted by Crippen LogP contribution is -2.22. The number of aliphatic hydroxyl groups is 1. The van der Waals surface area contributed by atoms with Gasteiger partial charge in [0.1, 0.15) is 11.9 Å². The summed E-state index contributed by atoms with van der Waals surface area (Å²) in [6.07, 6.45) is 2.66. The standard InChI is InChI=1S/C21H25BrN2O4/c1-2-28-19(21(27)15-13-14(22)11-12-18(15)25)9-5-6-10-20(26)24-17-8-4-3-7-16(17)23/h3-4,6-8,10-13,19,21,25,27H,2,5,9,23H2,1H3,(H,24,26)/b10-6+/t19-,21-/m0/s1. The fourth-order valence-electron chi connectivity index (χ4n) is 2.75. The van der Waals surface area contributed by atoms with E-state index >= 15 is 0 Å². The molecule has 0 bridgehead atoms. The Balaban J connectivity index is 1.93. The number of phenolic OH excluding ortho intramolecular Hbond substituents is 1. The second kappa shape index (κ2) is 10.8. The zero-order chi connectivity index (χ0) is 20.5. The maximum atomic E-state index is 12.0. The van der Waals surface area contributed by atoms with Crippen molar-refractivity contribution in [3.8, 4) is 5.75 Å². The van der Waals surface area contributed by atoms with Crippen LogP contribution in [-0.4, -0.2) is 28.8 Å². The zero-order valence-electron chi connectivity index (χ0n) is 15.6. The van der Waals surface area contributed by atoms with Gasteiger partial charge >= 0.3 is 0 Å². The topological polar surface area (TPSA) is 105 Å². The molecule has 0 heterocycles. The molecule has 5 N–H and O–H groups in total. The van der Waals surface area contributed by atoms with Gasteiger partial charge in [-0.05, 0) is 56.2 Å². The number of nitrogen functional groups attached to an aromatic ring is 1. The van der Waals surface area contributed by atoms with Crippen molar-refractivity contribution in [2.24, 2.45) is 0 Å². The average molecular weight is 449 g/mol. The normalized spacial score (nSPS) is 13.4. The number of aliphatic hydroxyl groups excluding tert-OH is 1. The third kappa shape index (κ3) is 6.37. The van der Waals surface area contributed by atoms with E-state index in [-0.39, 0.29) is 11.7 Å². The van der Waals surface area contributed by atoms with Crippen molar-refractivity contribution in [3.05, 3.63) is 64.7 Å². The summed E-state index contributed by atoms with van der Waals surface area (Å²) in [7, 11) is 0. The van der Waals surface area contributed by atoms with Gasteiger partial charge in [-0.1, -0.05) is 34.1 Å². The van der Waals surface area contributed by atoms with Gasteiger partial charge in [-0.3, -0.25) is 4.79 Å². The monoisotopic (exact) mass is 448 g/mol. The van der Waals surface area contributed by atoms with Crippen LogP contribution in [0.4, 0.5) is 11.4 Å². The number of carbonyl (C=O) groups excluding carboxylic acids is 1. The van der Waals surface area contributed by atoms with Crippen molar-refractivity contribution < 1.29 is 19.7 Å². The lowest BCUT2D eigenvalue weighted by atomic mass is 9.99. The van der Waals surface area contributed by atoms with Gasteiger partial charge in [-0.25, -0.2) is 0 Å². The van der Waals surface area contributed by atoms with Crippen LogP contribution in [0.25, 0.3) is 0 Å². The number of benzene rings is 2. The van der Waals surface area contributed by atoms with Gasteiger partial charge in [-0.2, -0.15) is 0 Å². The molecule has 0 unspecified atom stereocenters. The van der Waals surface area contributed by atoms with Crippen molar-refractivity contribution in [2.75, 3.05) is 17.7 Å². The Morgan fingerprint density at radius 2 is 2.07 bits per heavy atom. The predicted molar refractivity (Wildman–Crippen MR) is 114 cm³/mol. The number of nitrogens with one attached hydrogen (secondary N) is 1. The van der Waals surface area contributed by atoms with Gasteiger partial charge in [0.25, 0.3) is 0 Å². The molecule has 0 fully saturated rings. The number of hydrogen-bond acceptors (Lipinski definition) is 5. The van der Waals surface area contributed by atoms with E-state index in [0.717, 1.165) is 4.47 Å². The number of phenols is 1. The van der Waals surface area contributed by atoms with Crippen LogP contribution < -0.4 is 11.1 Å². The second-order valence-electron chi connectivity index (χ2n) is 6.20. The van der Waals surface area contributed by atoms with E-state index in [9.17, 15) is 15.0 Å². The Kier molecular flexibility index (Phi) is 8.50. The molecule has 0 aliphatic carbocycles. The quantitative estimate of drug-likeness (QED) is 0.340. The van der Waals surface area contributed by atoms with Gasteiger partial charge in [-0.15, -0.1) is 0 Å². The minimum atomic E-state index is -0.983.